The smallest absolute Gasteiger partial charge is 0.225 e. The largest absolute Gasteiger partial charge is 0.341 e. The molecule has 1 aliphatic heterocycles. The molecule has 1 N–H and O–H groups in total. The van der Waals surface area contributed by atoms with Crippen LogP contribution in [0.2, 0.25) is 0 Å². The summed E-state index contributed by atoms with van der Waals surface area (Å²) in [5.41, 5.74) is 2.29. The van der Waals surface area contributed by atoms with E-state index in [-0.39, 0.29) is 6.04 Å². The van der Waals surface area contributed by atoms with Gasteiger partial charge in [0.2, 0.25) is 5.95 Å². The number of anilines is 1. The van der Waals surface area contributed by atoms with Crippen LogP contribution in [0.25, 0.3) is 0 Å². The fourth-order valence-electron chi connectivity index (χ4n) is 3.27. The Kier molecular flexibility index (Phi) is 6.21. The third-order valence-corrected chi connectivity index (χ3v) is 5.65. The molecule has 24 heavy (non-hydrogen) atoms. The highest BCUT2D eigenvalue weighted by molar-refractivity contribution is 7.09. The van der Waals surface area contributed by atoms with Gasteiger partial charge < -0.3 is 10.2 Å². The van der Waals surface area contributed by atoms with Crippen molar-refractivity contribution >= 4 is 17.3 Å². The molecule has 3 heterocycles. The van der Waals surface area contributed by atoms with Crippen LogP contribution in [0.5, 0.6) is 0 Å². The number of thiophene rings is 1. The molecule has 130 valence electrons. The van der Waals surface area contributed by atoms with E-state index in [0.717, 1.165) is 31.3 Å². The molecular weight excluding hydrogens is 316 g/mol. The monoisotopic (exact) mass is 344 g/mol. The third-order valence-electron chi connectivity index (χ3n) is 4.77. The third kappa shape index (κ3) is 4.54. The van der Waals surface area contributed by atoms with Crippen molar-refractivity contribution in [1.82, 2.24) is 15.3 Å². The van der Waals surface area contributed by atoms with Crippen molar-refractivity contribution in [2.45, 2.75) is 58.5 Å². The van der Waals surface area contributed by atoms with Crippen LogP contribution in [0.15, 0.2) is 23.7 Å². The minimum absolute atomic E-state index is 0.258. The lowest BCUT2D eigenvalue weighted by molar-refractivity contribution is 0.547. The first-order chi connectivity index (χ1) is 11.7. The maximum atomic E-state index is 4.81. The van der Waals surface area contributed by atoms with Crippen LogP contribution in [0.4, 0.5) is 5.95 Å². The molecule has 0 saturated carbocycles. The molecule has 0 aliphatic carbocycles. The normalized spacial score (nSPS) is 17.3. The SMILES string of the molecule is Cc1nc(N2CCCCCCC2)ncc1C(C)NCc1cccs1. The van der Waals surface area contributed by atoms with Crippen molar-refractivity contribution in [3.8, 4) is 0 Å². The molecule has 4 nitrogen and oxygen atoms in total. The van der Waals surface area contributed by atoms with Gasteiger partial charge >= 0.3 is 0 Å². The van der Waals surface area contributed by atoms with Crippen LogP contribution < -0.4 is 10.2 Å². The zero-order valence-corrected chi connectivity index (χ0v) is 15.6. The molecule has 0 spiro atoms. The van der Waals surface area contributed by atoms with Crippen molar-refractivity contribution in [1.29, 1.82) is 0 Å². The molecule has 2 aromatic heterocycles. The predicted molar refractivity (Wildman–Crippen MR) is 102 cm³/mol. The number of rotatable bonds is 5. The Bertz CT molecular complexity index is 618. The predicted octanol–water partition coefficient (Wildman–Crippen LogP) is 4.47. The van der Waals surface area contributed by atoms with Gasteiger partial charge in [0.15, 0.2) is 0 Å². The Labute approximate surface area is 149 Å². The molecule has 1 fully saturated rings. The lowest BCUT2D eigenvalue weighted by Crippen LogP contribution is -2.29. The van der Waals surface area contributed by atoms with Crippen molar-refractivity contribution in [3.05, 3.63) is 39.8 Å². The van der Waals surface area contributed by atoms with E-state index < -0.39 is 0 Å². The lowest BCUT2D eigenvalue weighted by atomic mass is 10.1. The van der Waals surface area contributed by atoms with Crippen molar-refractivity contribution in [2.24, 2.45) is 0 Å². The van der Waals surface area contributed by atoms with E-state index in [2.05, 4.69) is 46.6 Å². The van der Waals surface area contributed by atoms with Gasteiger partial charge in [0, 0.05) is 48.0 Å². The molecular formula is C19H28N4S. The highest BCUT2D eigenvalue weighted by Gasteiger charge is 2.15. The molecule has 0 aromatic carbocycles. The minimum atomic E-state index is 0.258. The summed E-state index contributed by atoms with van der Waals surface area (Å²) < 4.78 is 0. The fourth-order valence-corrected chi connectivity index (χ4v) is 3.92. The maximum Gasteiger partial charge on any atom is 0.225 e. The highest BCUT2D eigenvalue weighted by atomic mass is 32.1. The number of nitrogens with one attached hydrogen (secondary N) is 1. The maximum absolute atomic E-state index is 4.81. The zero-order chi connectivity index (χ0) is 16.8. The van der Waals surface area contributed by atoms with E-state index in [1.807, 2.05) is 6.20 Å². The van der Waals surface area contributed by atoms with Crippen LogP contribution >= 0.6 is 11.3 Å². The number of hydrogen-bond donors (Lipinski definition) is 1. The van der Waals surface area contributed by atoms with Crippen molar-refractivity contribution in [2.75, 3.05) is 18.0 Å². The Morgan fingerprint density at radius 1 is 1.21 bits per heavy atom. The Balaban J connectivity index is 1.64. The van der Waals surface area contributed by atoms with Gasteiger partial charge in [-0.25, -0.2) is 9.97 Å². The average Bonchev–Trinajstić information content (AvgIpc) is 3.05. The molecule has 1 saturated heterocycles. The molecule has 2 aromatic rings. The van der Waals surface area contributed by atoms with Gasteiger partial charge in [-0.2, -0.15) is 0 Å². The average molecular weight is 345 g/mol. The van der Waals surface area contributed by atoms with Gasteiger partial charge in [-0.1, -0.05) is 25.3 Å². The van der Waals surface area contributed by atoms with Crippen molar-refractivity contribution < 1.29 is 0 Å². The number of aromatic nitrogens is 2. The van der Waals surface area contributed by atoms with Crippen LogP contribution in [-0.4, -0.2) is 23.1 Å². The molecule has 5 heteroatoms. The van der Waals surface area contributed by atoms with E-state index in [4.69, 9.17) is 4.98 Å². The summed E-state index contributed by atoms with van der Waals surface area (Å²) in [6.45, 7) is 7.37. The van der Waals surface area contributed by atoms with Crippen LogP contribution in [-0.2, 0) is 6.54 Å². The Morgan fingerprint density at radius 3 is 2.62 bits per heavy atom. The highest BCUT2D eigenvalue weighted by Crippen LogP contribution is 2.21. The van der Waals surface area contributed by atoms with Crippen molar-refractivity contribution in [3.63, 3.8) is 0 Å². The molecule has 3 rings (SSSR count). The number of nitrogens with zero attached hydrogens (tertiary/aromatic N) is 3. The summed E-state index contributed by atoms with van der Waals surface area (Å²) in [6.07, 6.45) is 8.56. The second-order valence-corrected chi connectivity index (χ2v) is 7.68. The molecule has 0 radical (unpaired) electrons. The summed E-state index contributed by atoms with van der Waals surface area (Å²) >= 11 is 1.79. The summed E-state index contributed by atoms with van der Waals surface area (Å²) in [6, 6.07) is 4.52. The van der Waals surface area contributed by atoms with Gasteiger partial charge in [-0.3, -0.25) is 0 Å². The Hall–Kier alpha value is -1.46. The quantitative estimate of drug-likeness (QED) is 0.869. The van der Waals surface area contributed by atoms with E-state index >= 15 is 0 Å². The summed E-state index contributed by atoms with van der Waals surface area (Å²) in [5.74, 6) is 0.906. The van der Waals surface area contributed by atoms with Gasteiger partial charge in [0.05, 0.1) is 0 Å². The van der Waals surface area contributed by atoms with E-state index in [1.165, 1.54) is 42.5 Å². The molecule has 0 bridgehead atoms. The van der Waals surface area contributed by atoms with E-state index in [0.29, 0.717) is 0 Å². The molecule has 1 unspecified atom stereocenters. The topological polar surface area (TPSA) is 41.1 Å². The second kappa shape index (κ2) is 8.58. The van der Waals surface area contributed by atoms with Crippen LogP contribution in [0.3, 0.4) is 0 Å². The molecule has 0 amide bonds. The number of aryl methyl sites for hydroxylation is 1. The Morgan fingerprint density at radius 2 is 1.96 bits per heavy atom. The van der Waals surface area contributed by atoms with Gasteiger partial charge in [0.1, 0.15) is 0 Å². The van der Waals surface area contributed by atoms with Gasteiger partial charge in [0.25, 0.3) is 0 Å². The fraction of sp³-hybridized carbons (Fsp3) is 0.579. The van der Waals surface area contributed by atoms with Gasteiger partial charge in [-0.15, -0.1) is 11.3 Å². The standard InChI is InChI=1S/C19H28N4S/c1-15(20-13-17-9-8-12-24-17)18-14-21-19(22-16(18)2)23-10-6-4-3-5-7-11-23/h8-9,12,14-15,20H,3-7,10-11,13H2,1-2H3. The van der Waals surface area contributed by atoms with E-state index in [1.54, 1.807) is 11.3 Å². The zero-order valence-electron chi connectivity index (χ0n) is 14.8. The van der Waals surface area contributed by atoms with Crippen LogP contribution in [0, 0.1) is 6.92 Å². The van der Waals surface area contributed by atoms with Crippen LogP contribution in [0.1, 0.15) is 61.2 Å². The van der Waals surface area contributed by atoms with E-state index in [9.17, 15) is 0 Å². The summed E-state index contributed by atoms with van der Waals surface area (Å²) in [5, 5.41) is 5.70. The number of hydrogen-bond acceptors (Lipinski definition) is 5. The first-order valence-corrected chi connectivity index (χ1v) is 9.96. The lowest BCUT2D eigenvalue weighted by Gasteiger charge is -2.25. The molecule has 1 aliphatic rings. The second-order valence-electron chi connectivity index (χ2n) is 6.65. The summed E-state index contributed by atoms with van der Waals surface area (Å²) in [4.78, 5) is 13.2. The first kappa shape index (κ1) is 17.4. The molecule has 1 atom stereocenters. The minimum Gasteiger partial charge on any atom is -0.341 e. The first-order valence-electron chi connectivity index (χ1n) is 9.08. The van der Waals surface area contributed by atoms with Gasteiger partial charge in [-0.05, 0) is 38.1 Å². The summed E-state index contributed by atoms with van der Waals surface area (Å²) in [7, 11) is 0.